The van der Waals surface area contributed by atoms with Crippen LogP contribution in [0.2, 0.25) is 0 Å². The van der Waals surface area contributed by atoms with Crippen LogP contribution >= 0.6 is 0 Å². The lowest BCUT2D eigenvalue weighted by molar-refractivity contribution is 0.354. The van der Waals surface area contributed by atoms with Gasteiger partial charge in [0.1, 0.15) is 0 Å². The zero-order chi connectivity index (χ0) is 17.4. The van der Waals surface area contributed by atoms with E-state index in [0.717, 1.165) is 35.6 Å². The molecule has 128 valence electrons. The van der Waals surface area contributed by atoms with Crippen LogP contribution < -0.4 is 20.5 Å². The van der Waals surface area contributed by atoms with Crippen molar-refractivity contribution in [3.05, 3.63) is 53.6 Å². The van der Waals surface area contributed by atoms with Gasteiger partial charge in [-0.3, -0.25) is 4.99 Å². The van der Waals surface area contributed by atoms with Crippen molar-refractivity contribution < 1.29 is 9.47 Å². The summed E-state index contributed by atoms with van der Waals surface area (Å²) in [6.45, 7) is 2.73. The number of nitrogens with one attached hydrogen (secondary N) is 1. The normalized spacial score (nSPS) is 11.2. The van der Waals surface area contributed by atoms with Crippen molar-refractivity contribution >= 4 is 11.6 Å². The van der Waals surface area contributed by atoms with Gasteiger partial charge in [-0.2, -0.15) is 0 Å². The molecule has 24 heavy (non-hydrogen) atoms. The largest absolute Gasteiger partial charge is 0.493 e. The molecule has 0 bridgehead atoms. The third kappa shape index (κ3) is 4.91. The topological polar surface area (TPSA) is 68.9 Å². The van der Waals surface area contributed by atoms with Crippen LogP contribution in [0.15, 0.2) is 47.5 Å². The van der Waals surface area contributed by atoms with Gasteiger partial charge in [0.25, 0.3) is 0 Å². The van der Waals surface area contributed by atoms with Crippen molar-refractivity contribution in [3.8, 4) is 11.5 Å². The number of aliphatic imine (C=N–C) groups is 1. The van der Waals surface area contributed by atoms with Crippen LogP contribution in [0.25, 0.3) is 0 Å². The maximum absolute atomic E-state index is 5.94. The number of ether oxygens (including phenoxy) is 2. The molecule has 0 aliphatic carbocycles. The van der Waals surface area contributed by atoms with Crippen LogP contribution in [-0.4, -0.2) is 26.7 Å². The molecule has 0 amide bonds. The first-order valence-electron chi connectivity index (χ1n) is 8.03. The van der Waals surface area contributed by atoms with Gasteiger partial charge in [0.2, 0.25) is 0 Å². The molecule has 2 aromatic rings. The van der Waals surface area contributed by atoms with Gasteiger partial charge < -0.3 is 20.5 Å². The van der Waals surface area contributed by atoms with Gasteiger partial charge in [-0.15, -0.1) is 0 Å². The number of anilines is 1. The van der Waals surface area contributed by atoms with Crippen molar-refractivity contribution in [2.75, 3.05) is 26.1 Å². The molecule has 0 aliphatic heterocycles. The van der Waals surface area contributed by atoms with Gasteiger partial charge in [-0.25, -0.2) is 0 Å². The van der Waals surface area contributed by atoms with Gasteiger partial charge in [0, 0.05) is 12.2 Å². The quantitative estimate of drug-likeness (QED) is 0.605. The third-order valence-electron chi connectivity index (χ3n) is 3.77. The number of hydrogen-bond acceptors (Lipinski definition) is 3. The Morgan fingerprint density at radius 1 is 1.00 bits per heavy atom. The second-order valence-electron chi connectivity index (χ2n) is 5.38. The Balaban J connectivity index is 1.90. The number of benzene rings is 2. The van der Waals surface area contributed by atoms with Crippen molar-refractivity contribution in [2.24, 2.45) is 10.7 Å². The van der Waals surface area contributed by atoms with E-state index in [0.29, 0.717) is 12.5 Å². The Hall–Kier alpha value is -2.69. The fourth-order valence-corrected chi connectivity index (χ4v) is 2.35. The molecule has 0 saturated carbocycles. The number of nitrogens with two attached hydrogens (primary N) is 1. The monoisotopic (exact) mass is 327 g/mol. The minimum Gasteiger partial charge on any atom is -0.493 e. The highest BCUT2D eigenvalue weighted by Gasteiger charge is 2.04. The summed E-state index contributed by atoms with van der Waals surface area (Å²) in [5.41, 5.74) is 9.30. The molecule has 0 saturated heterocycles. The summed E-state index contributed by atoms with van der Waals surface area (Å²) < 4.78 is 10.5. The number of guanidine groups is 1. The Morgan fingerprint density at radius 2 is 1.67 bits per heavy atom. The van der Waals surface area contributed by atoms with Crippen LogP contribution in [0.1, 0.15) is 18.1 Å². The molecule has 2 rings (SSSR count). The minimum absolute atomic E-state index is 0.416. The van der Waals surface area contributed by atoms with Crippen LogP contribution in [0.4, 0.5) is 5.69 Å². The molecule has 0 spiro atoms. The average Bonchev–Trinajstić information content (AvgIpc) is 2.62. The van der Waals surface area contributed by atoms with Gasteiger partial charge >= 0.3 is 0 Å². The highest BCUT2D eigenvalue weighted by molar-refractivity contribution is 5.92. The predicted octanol–water partition coefficient (Wildman–Crippen LogP) is 3.24. The van der Waals surface area contributed by atoms with Gasteiger partial charge in [0.05, 0.1) is 14.2 Å². The third-order valence-corrected chi connectivity index (χ3v) is 3.77. The number of nitrogens with zero attached hydrogens (tertiary/aromatic N) is 1. The summed E-state index contributed by atoms with van der Waals surface area (Å²) in [6.07, 6.45) is 1.80. The van der Waals surface area contributed by atoms with E-state index in [1.54, 1.807) is 14.2 Å². The van der Waals surface area contributed by atoms with E-state index in [9.17, 15) is 0 Å². The number of rotatable bonds is 7. The van der Waals surface area contributed by atoms with E-state index in [-0.39, 0.29) is 0 Å². The number of aryl methyl sites for hydroxylation is 1. The van der Waals surface area contributed by atoms with Crippen molar-refractivity contribution in [1.82, 2.24) is 0 Å². The number of hydrogen-bond donors (Lipinski definition) is 2. The van der Waals surface area contributed by atoms with Crippen molar-refractivity contribution in [2.45, 2.75) is 19.8 Å². The Morgan fingerprint density at radius 3 is 2.29 bits per heavy atom. The van der Waals surface area contributed by atoms with Gasteiger partial charge in [0.15, 0.2) is 17.5 Å². The minimum atomic E-state index is 0.416. The van der Waals surface area contributed by atoms with E-state index < -0.39 is 0 Å². The summed E-state index contributed by atoms with van der Waals surface area (Å²) in [7, 11) is 3.26. The lowest BCUT2D eigenvalue weighted by Crippen LogP contribution is -2.23. The molecule has 0 radical (unpaired) electrons. The summed E-state index contributed by atoms with van der Waals surface area (Å²) in [5.74, 6) is 1.86. The van der Waals surface area contributed by atoms with Crippen LogP contribution in [-0.2, 0) is 12.8 Å². The molecule has 3 N–H and O–H groups in total. The Bertz CT molecular complexity index is 682. The zero-order valence-corrected chi connectivity index (χ0v) is 14.5. The lowest BCUT2D eigenvalue weighted by Gasteiger charge is -2.09. The molecule has 0 aliphatic rings. The average molecular weight is 327 g/mol. The molecule has 2 aromatic carbocycles. The number of methoxy groups -OCH3 is 2. The lowest BCUT2D eigenvalue weighted by atomic mass is 10.1. The van der Waals surface area contributed by atoms with Crippen LogP contribution in [0, 0.1) is 0 Å². The summed E-state index contributed by atoms with van der Waals surface area (Å²) in [5, 5.41) is 3.10. The smallest absolute Gasteiger partial charge is 0.193 e. The maximum atomic E-state index is 5.94. The van der Waals surface area contributed by atoms with Crippen LogP contribution in [0.5, 0.6) is 11.5 Å². The van der Waals surface area contributed by atoms with E-state index in [1.807, 2.05) is 30.3 Å². The standard InChI is InChI=1S/C19H25N3O2/c1-4-14-5-8-16(9-6-14)22-19(20)21-12-11-15-7-10-17(23-2)18(13-15)24-3/h5-10,13H,4,11-12H2,1-3H3,(H3,20,21,22). The highest BCUT2D eigenvalue weighted by atomic mass is 16.5. The molecule has 0 aromatic heterocycles. The fourth-order valence-electron chi connectivity index (χ4n) is 2.35. The van der Waals surface area contributed by atoms with Crippen molar-refractivity contribution in [3.63, 3.8) is 0 Å². The first kappa shape index (κ1) is 17.7. The van der Waals surface area contributed by atoms with E-state index in [2.05, 4.69) is 29.4 Å². The molecule has 0 unspecified atom stereocenters. The first-order chi connectivity index (χ1) is 11.7. The summed E-state index contributed by atoms with van der Waals surface area (Å²) in [4.78, 5) is 4.37. The molecule has 5 nitrogen and oxygen atoms in total. The predicted molar refractivity (Wildman–Crippen MR) is 99.2 cm³/mol. The maximum Gasteiger partial charge on any atom is 0.193 e. The first-order valence-corrected chi connectivity index (χ1v) is 8.03. The molecular formula is C19H25N3O2. The zero-order valence-electron chi connectivity index (χ0n) is 14.5. The van der Waals surface area contributed by atoms with Crippen molar-refractivity contribution in [1.29, 1.82) is 0 Å². The Kier molecular flexibility index (Phi) is 6.49. The van der Waals surface area contributed by atoms with E-state index in [4.69, 9.17) is 15.2 Å². The second-order valence-corrected chi connectivity index (χ2v) is 5.38. The molecule has 5 heteroatoms. The SMILES string of the molecule is CCc1ccc(NC(N)=NCCc2ccc(OC)c(OC)c2)cc1. The van der Waals surface area contributed by atoms with Gasteiger partial charge in [-0.1, -0.05) is 25.1 Å². The van der Waals surface area contributed by atoms with E-state index in [1.165, 1.54) is 5.56 Å². The second kappa shape index (κ2) is 8.82. The van der Waals surface area contributed by atoms with E-state index >= 15 is 0 Å². The molecule has 0 heterocycles. The molecule has 0 fully saturated rings. The van der Waals surface area contributed by atoms with Crippen LogP contribution in [0.3, 0.4) is 0 Å². The molecule has 0 atom stereocenters. The van der Waals surface area contributed by atoms with Gasteiger partial charge in [-0.05, 0) is 48.2 Å². The summed E-state index contributed by atoms with van der Waals surface area (Å²) in [6, 6.07) is 14.0. The highest BCUT2D eigenvalue weighted by Crippen LogP contribution is 2.27. The molecular weight excluding hydrogens is 302 g/mol. The fraction of sp³-hybridized carbons (Fsp3) is 0.316. The summed E-state index contributed by atoms with van der Waals surface area (Å²) >= 11 is 0. The Labute approximate surface area is 143 Å².